The molecule has 0 aliphatic carbocycles. The van der Waals surface area contributed by atoms with Crippen LogP contribution in [0.25, 0.3) is 0 Å². The molecular formula is C46H79N5O12. The quantitative estimate of drug-likeness (QED) is 0.139. The maximum Gasteiger partial charge on any atom is 0.311 e. The van der Waals surface area contributed by atoms with Crippen molar-refractivity contribution in [2.45, 2.75) is 198 Å². The highest BCUT2D eigenvalue weighted by molar-refractivity contribution is 5.79. The number of aliphatic imine (C=N–C) groups is 1. The number of hydrogen-bond donors (Lipinski definition) is 6. The van der Waals surface area contributed by atoms with E-state index in [1.54, 1.807) is 60.2 Å². The standard InChI is InChI=1S/C46H79N5O12/c1-14-18-48-25-46(56)31(8)59-35(22-44(46,10)57-13)61-36-28(5)39(63-41-37-33(20-27(4)58-41)51(12)42(62-37)50-32-17-16-19-47-24-32)43(9,54)21-26(3)23-49-30(7)38(52)45(11,55)34(15-2)60-40(53)29(36)6/h16-17,19,24,26-31,33-39,41,48-49,52,54-56H,14-15,18,20-23,25H2,1-13H3/b50-42-/t26-,27-,28+,29-,30-,31+,33+,34-,35+,36+,37-,38-,39-,41+,43-,44-,45-,46+/m1/s1. The Morgan fingerprint density at radius 3 is 2.38 bits per heavy atom. The second-order valence-corrected chi connectivity index (χ2v) is 19.5. The predicted molar refractivity (Wildman–Crippen MR) is 236 cm³/mol. The number of carbonyl (C=O) groups excluding carboxylic acids is 1. The summed E-state index contributed by atoms with van der Waals surface area (Å²) in [4.78, 5) is 25.4. The maximum absolute atomic E-state index is 14.5. The van der Waals surface area contributed by atoms with E-state index in [0.717, 1.165) is 6.42 Å². The van der Waals surface area contributed by atoms with Crippen LogP contribution in [-0.4, -0.2) is 166 Å². The Kier molecular flexibility index (Phi) is 17.1. The number of aliphatic hydroxyl groups is 4. The van der Waals surface area contributed by atoms with Crippen molar-refractivity contribution in [1.29, 1.82) is 0 Å². The van der Waals surface area contributed by atoms with Gasteiger partial charge >= 0.3 is 5.97 Å². The fourth-order valence-electron chi connectivity index (χ4n) is 10.2. The summed E-state index contributed by atoms with van der Waals surface area (Å²) >= 11 is 0. The number of rotatable bonds is 11. The molecule has 17 heteroatoms. The minimum atomic E-state index is -1.82. The van der Waals surface area contributed by atoms with Gasteiger partial charge in [-0.1, -0.05) is 27.7 Å². The lowest BCUT2D eigenvalue weighted by Gasteiger charge is -2.53. The number of nitrogens with one attached hydrogen (secondary N) is 2. The second-order valence-electron chi connectivity index (χ2n) is 19.5. The molecule has 0 radical (unpaired) electrons. The Morgan fingerprint density at radius 2 is 1.75 bits per heavy atom. The van der Waals surface area contributed by atoms with Crippen LogP contribution in [0.4, 0.5) is 5.69 Å². The predicted octanol–water partition coefficient (Wildman–Crippen LogP) is 3.42. The Balaban J connectivity index is 1.57. The van der Waals surface area contributed by atoms with Crippen molar-refractivity contribution < 1.29 is 58.4 Å². The van der Waals surface area contributed by atoms with E-state index in [9.17, 15) is 25.2 Å². The van der Waals surface area contributed by atoms with Gasteiger partial charge in [-0.05, 0) is 105 Å². The fourth-order valence-corrected chi connectivity index (χ4v) is 10.2. The number of fused-ring (bicyclic) bond motifs is 1. The summed E-state index contributed by atoms with van der Waals surface area (Å²) in [5.41, 5.74) is -5.36. The number of pyridine rings is 1. The Hall–Kier alpha value is -2.55. The number of ether oxygens (including phenoxy) is 7. The second kappa shape index (κ2) is 21.0. The van der Waals surface area contributed by atoms with Gasteiger partial charge in [0, 0.05) is 45.3 Å². The molecule has 0 bridgehead atoms. The van der Waals surface area contributed by atoms with Crippen molar-refractivity contribution >= 4 is 17.7 Å². The van der Waals surface area contributed by atoms with Crippen LogP contribution in [0.3, 0.4) is 0 Å². The minimum Gasteiger partial charge on any atom is -0.459 e. The maximum atomic E-state index is 14.5. The third kappa shape index (κ3) is 11.2. The van der Waals surface area contributed by atoms with E-state index in [0.29, 0.717) is 31.2 Å². The van der Waals surface area contributed by atoms with Crippen LogP contribution < -0.4 is 10.6 Å². The number of amidine groups is 1. The molecule has 4 aliphatic heterocycles. The first-order chi connectivity index (χ1) is 29.5. The number of cyclic esters (lactones) is 1. The summed E-state index contributed by atoms with van der Waals surface area (Å²) in [6.45, 7) is 21.1. The zero-order valence-electron chi connectivity index (χ0n) is 39.9. The highest BCUT2D eigenvalue weighted by Crippen LogP contribution is 2.44. The van der Waals surface area contributed by atoms with Crippen LogP contribution in [0.15, 0.2) is 29.5 Å². The van der Waals surface area contributed by atoms with E-state index in [1.807, 2.05) is 52.6 Å². The first-order valence-corrected chi connectivity index (χ1v) is 23.1. The van der Waals surface area contributed by atoms with Crippen molar-refractivity contribution in [3.05, 3.63) is 24.5 Å². The number of carbonyl (C=O) groups is 1. The van der Waals surface area contributed by atoms with Gasteiger partial charge in [-0.15, -0.1) is 0 Å². The Morgan fingerprint density at radius 1 is 1.03 bits per heavy atom. The number of aliphatic hydroxyl groups excluding tert-OH is 1. The monoisotopic (exact) mass is 894 g/mol. The first kappa shape index (κ1) is 51.4. The molecule has 18 atom stereocenters. The van der Waals surface area contributed by atoms with Crippen molar-refractivity contribution in [3.8, 4) is 0 Å². The number of likely N-dealkylation sites (N-methyl/N-ethyl adjacent to an activating group) is 1. The lowest BCUT2D eigenvalue weighted by atomic mass is 9.75. The van der Waals surface area contributed by atoms with Gasteiger partial charge in [0.15, 0.2) is 18.7 Å². The summed E-state index contributed by atoms with van der Waals surface area (Å²) in [5.74, 6) is -2.66. The zero-order chi connectivity index (χ0) is 46.7. The van der Waals surface area contributed by atoms with Gasteiger partial charge in [0.25, 0.3) is 6.02 Å². The van der Waals surface area contributed by atoms with Crippen molar-refractivity contribution in [1.82, 2.24) is 20.5 Å². The molecule has 4 saturated heterocycles. The number of aromatic nitrogens is 1. The lowest BCUT2D eigenvalue weighted by Crippen LogP contribution is -2.70. The minimum absolute atomic E-state index is 0.0936. The van der Waals surface area contributed by atoms with E-state index in [4.69, 9.17) is 38.2 Å². The van der Waals surface area contributed by atoms with Gasteiger partial charge in [-0.2, -0.15) is 4.99 Å². The average Bonchev–Trinajstić information content (AvgIpc) is 3.54. The SMILES string of the molecule is CCCNC[C@]1(O)[C@H](C)O[C@@H](O[C@H]2[C@H](C)[C@@H](O[C@@H]3O[C@H](C)C[C@H]4[C@H]3O/C(=N\c3cccnc3)N4C)[C@](C)(O)C[C@@H](C)CN[C@H](C)[C@@H](O)[C@](C)(O)[C@@H](CC)OC(=O)[C@@H]2C)C[C@@]1(C)OC. The van der Waals surface area contributed by atoms with Crippen molar-refractivity contribution in [3.63, 3.8) is 0 Å². The van der Waals surface area contributed by atoms with E-state index in [1.165, 1.54) is 6.92 Å². The van der Waals surface area contributed by atoms with Crippen LogP contribution in [0.1, 0.15) is 108 Å². The highest BCUT2D eigenvalue weighted by Gasteiger charge is 2.59. The highest BCUT2D eigenvalue weighted by atomic mass is 16.7. The average molecular weight is 894 g/mol. The summed E-state index contributed by atoms with van der Waals surface area (Å²) < 4.78 is 45.8. The molecule has 1 aromatic heterocycles. The number of hydrogen-bond acceptors (Lipinski definition) is 16. The fraction of sp³-hybridized carbons (Fsp3) is 0.848. The van der Waals surface area contributed by atoms with Crippen molar-refractivity contribution in [2.24, 2.45) is 22.7 Å². The molecule has 17 nitrogen and oxygen atoms in total. The topological polar surface area (TPSA) is 215 Å². The van der Waals surface area contributed by atoms with Crippen LogP contribution in [0.2, 0.25) is 0 Å². The molecule has 0 saturated carbocycles. The molecule has 0 unspecified atom stereocenters. The molecule has 4 fully saturated rings. The summed E-state index contributed by atoms with van der Waals surface area (Å²) in [5, 5.41) is 54.9. The molecule has 4 aliphatic rings. The molecule has 360 valence electrons. The van der Waals surface area contributed by atoms with E-state index < -0.39 is 95.5 Å². The third-order valence-corrected chi connectivity index (χ3v) is 14.2. The third-order valence-electron chi connectivity index (χ3n) is 14.2. The van der Waals surface area contributed by atoms with E-state index in [2.05, 4.69) is 15.6 Å². The van der Waals surface area contributed by atoms with Crippen LogP contribution in [0, 0.1) is 17.8 Å². The van der Waals surface area contributed by atoms with Gasteiger partial charge in [0.2, 0.25) is 0 Å². The first-order valence-electron chi connectivity index (χ1n) is 23.1. The molecule has 5 heterocycles. The number of nitrogens with zero attached hydrogens (tertiary/aromatic N) is 3. The summed E-state index contributed by atoms with van der Waals surface area (Å²) in [6.07, 6.45) is -2.77. The molecule has 1 aromatic rings. The smallest absolute Gasteiger partial charge is 0.311 e. The lowest BCUT2D eigenvalue weighted by molar-refractivity contribution is -0.335. The molecule has 0 spiro atoms. The van der Waals surface area contributed by atoms with Crippen LogP contribution in [-0.2, 0) is 38.0 Å². The molecule has 63 heavy (non-hydrogen) atoms. The van der Waals surface area contributed by atoms with Crippen molar-refractivity contribution in [2.75, 3.05) is 33.8 Å². The Labute approximate surface area is 374 Å². The zero-order valence-corrected chi connectivity index (χ0v) is 39.9. The largest absolute Gasteiger partial charge is 0.459 e. The van der Waals surface area contributed by atoms with Gasteiger partial charge in [-0.25, -0.2) is 0 Å². The molecule has 5 rings (SSSR count). The van der Waals surface area contributed by atoms with Crippen LogP contribution >= 0.6 is 0 Å². The number of methoxy groups -OCH3 is 1. The van der Waals surface area contributed by atoms with Gasteiger partial charge in [-0.3, -0.25) is 9.78 Å². The van der Waals surface area contributed by atoms with E-state index in [-0.39, 0.29) is 43.9 Å². The van der Waals surface area contributed by atoms with Crippen LogP contribution in [0.5, 0.6) is 0 Å². The molecule has 0 aromatic carbocycles. The number of esters is 1. The molecule has 6 N–H and O–H groups in total. The molecular weight excluding hydrogens is 815 g/mol. The normalized spacial score (nSPS) is 45.2. The molecule has 0 amide bonds. The Bertz CT molecular complexity index is 1660. The summed E-state index contributed by atoms with van der Waals surface area (Å²) in [6, 6.07) is 3.24. The van der Waals surface area contributed by atoms with Gasteiger partial charge in [0.1, 0.15) is 29.0 Å². The van der Waals surface area contributed by atoms with E-state index >= 15 is 0 Å². The van der Waals surface area contributed by atoms with Gasteiger partial charge in [0.05, 0.1) is 53.9 Å². The summed E-state index contributed by atoms with van der Waals surface area (Å²) in [7, 11) is 3.46. The van der Waals surface area contributed by atoms with Gasteiger partial charge < -0.3 is 69.1 Å².